The number of rotatable bonds is 7. The molecular weight excluding hydrogens is 396 g/mol. The van der Waals surface area contributed by atoms with Crippen molar-refractivity contribution in [3.05, 3.63) is 88.5 Å². The van der Waals surface area contributed by atoms with Crippen LogP contribution in [0.1, 0.15) is 73.6 Å². The zero-order chi connectivity index (χ0) is 22.9. The average molecular weight is 431 g/mol. The van der Waals surface area contributed by atoms with E-state index in [4.69, 9.17) is 9.47 Å². The van der Waals surface area contributed by atoms with Crippen molar-refractivity contribution in [1.82, 2.24) is 0 Å². The minimum atomic E-state index is -0.671. The van der Waals surface area contributed by atoms with Gasteiger partial charge in [-0.3, -0.25) is 4.79 Å². The molecule has 4 rings (SSSR count). The van der Waals surface area contributed by atoms with E-state index in [-0.39, 0.29) is 0 Å². The van der Waals surface area contributed by atoms with Gasteiger partial charge in [-0.15, -0.1) is 0 Å². The summed E-state index contributed by atoms with van der Waals surface area (Å²) in [6.45, 7) is 7.15. The van der Waals surface area contributed by atoms with Crippen LogP contribution in [-0.4, -0.2) is 13.6 Å². The summed E-state index contributed by atoms with van der Waals surface area (Å²) in [5.74, 6) is 0.705. The van der Waals surface area contributed by atoms with Gasteiger partial charge in [0.15, 0.2) is 0 Å². The van der Waals surface area contributed by atoms with Gasteiger partial charge in [-0.05, 0) is 64.6 Å². The third-order valence-corrected chi connectivity index (χ3v) is 6.28. The number of hydrogen-bond donors (Lipinski definition) is 0. The maximum Gasteiger partial charge on any atom is 0.295 e. The zero-order valence-corrected chi connectivity index (χ0v) is 19.6. The molecule has 0 fully saturated rings. The van der Waals surface area contributed by atoms with Gasteiger partial charge in [0.2, 0.25) is 6.29 Å². The van der Waals surface area contributed by atoms with Gasteiger partial charge in [0.1, 0.15) is 0 Å². The lowest BCUT2D eigenvalue weighted by Crippen LogP contribution is -2.11. The quantitative estimate of drug-likeness (QED) is 0.290. The molecule has 0 saturated carbocycles. The van der Waals surface area contributed by atoms with Crippen LogP contribution >= 0.6 is 0 Å². The molecule has 0 N–H and O–H groups in total. The van der Waals surface area contributed by atoms with E-state index in [9.17, 15) is 4.79 Å². The first-order valence-corrected chi connectivity index (χ1v) is 11.5. The standard InChI is InChI=1S/C17H16O3.C12H18/c1-19-17(20-11-18)16-14-8-4-2-6-12(14)10-13-7-3-5-9-15(13)16;1-4-10(3)12-8-6-11(5-2)7-9-12/h2,4-6,8-11,17H,3,7H2,1H3;6-10H,4-5H2,1-3H3. The number of carbonyl (C=O) groups excluding carboxylic acids is 1. The Morgan fingerprint density at radius 3 is 2.47 bits per heavy atom. The smallest absolute Gasteiger partial charge is 0.295 e. The Labute approximate surface area is 192 Å². The second-order valence-electron chi connectivity index (χ2n) is 8.23. The summed E-state index contributed by atoms with van der Waals surface area (Å²) in [5, 5.41) is 2.21. The lowest BCUT2D eigenvalue weighted by atomic mass is 9.88. The number of hydrogen-bond acceptors (Lipinski definition) is 3. The maximum atomic E-state index is 10.7. The van der Waals surface area contributed by atoms with Gasteiger partial charge >= 0.3 is 0 Å². The van der Waals surface area contributed by atoms with E-state index < -0.39 is 6.29 Å². The molecule has 0 saturated heterocycles. The first-order chi connectivity index (χ1) is 15.6. The van der Waals surface area contributed by atoms with Gasteiger partial charge in [0.25, 0.3) is 6.47 Å². The molecule has 32 heavy (non-hydrogen) atoms. The van der Waals surface area contributed by atoms with Gasteiger partial charge in [-0.1, -0.05) is 87.5 Å². The van der Waals surface area contributed by atoms with E-state index >= 15 is 0 Å². The van der Waals surface area contributed by atoms with E-state index in [2.05, 4.69) is 69.3 Å². The van der Waals surface area contributed by atoms with Crippen LogP contribution < -0.4 is 0 Å². The third kappa shape index (κ3) is 5.46. The van der Waals surface area contributed by atoms with Crippen LogP contribution in [0.5, 0.6) is 0 Å². The summed E-state index contributed by atoms with van der Waals surface area (Å²) < 4.78 is 10.5. The van der Waals surface area contributed by atoms with E-state index in [0.717, 1.165) is 41.2 Å². The van der Waals surface area contributed by atoms with Gasteiger partial charge in [-0.25, -0.2) is 0 Å². The molecule has 0 bridgehead atoms. The minimum absolute atomic E-state index is 0.439. The van der Waals surface area contributed by atoms with Crippen LogP contribution in [0, 0.1) is 0 Å². The molecule has 3 heteroatoms. The fraction of sp³-hybridized carbons (Fsp3) is 0.345. The molecule has 168 valence electrons. The van der Waals surface area contributed by atoms with Crippen molar-refractivity contribution >= 4 is 23.3 Å². The van der Waals surface area contributed by atoms with Crippen molar-refractivity contribution in [2.75, 3.05) is 7.11 Å². The van der Waals surface area contributed by atoms with Gasteiger partial charge in [0, 0.05) is 12.7 Å². The molecule has 0 spiro atoms. The highest BCUT2D eigenvalue weighted by molar-refractivity contribution is 5.90. The molecule has 0 heterocycles. The molecule has 3 nitrogen and oxygen atoms in total. The van der Waals surface area contributed by atoms with Gasteiger partial charge in [-0.2, -0.15) is 0 Å². The second-order valence-corrected chi connectivity index (χ2v) is 8.23. The first-order valence-electron chi connectivity index (χ1n) is 11.5. The number of aryl methyl sites for hydroxylation is 2. The predicted octanol–water partition coefficient (Wildman–Crippen LogP) is 7.38. The molecule has 2 atom stereocenters. The average Bonchev–Trinajstić information content (AvgIpc) is 2.86. The van der Waals surface area contributed by atoms with Crippen molar-refractivity contribution < 1.29 is 14.3 Å². The van der Waals surface area contributed by atoms with Crippen molar-refractivity contribution in [2.45, 2.75) is 58.7 Å². The summed E-state index contributed by atoms with van der Waals surface area (Å²) in [5.41, 5.74) is 6.22. The van der Waals surface area contributed by atoms with Crippen molar-refractivity contribution in [1.29, 1.82) is 0 Å². The van der Waals surface area contributed by atoms with Crippen molar-refractivity contribution in [3.63, 3.8) is 0 Å². The van der Waals surface area contributed by atoms with E-state index in [1.807, 2.05) is 18.2 Å². The molecule has 2 unspecified atom stereocenters. The zero-order valence-electron chi connectivity index (χ0n) is 19.6. The van der Waals surface area contributed by atoms with Crippen LogP contribution in [-0.2, 0) is 27.1 Å². The van der Waals surface area contributed by atoms with Crippen LogP contribution in [0.25, 0.3) is 16.8 Å². The predicted molar refractivity (Wildman–Crippen MR) is 133 cm³/mol. The topological polar surface area (TPSA) is 35.5 Å². The van der Waals surface area contributed by atoms with Crippen LogP contribution in [0.4, 0.5) is 0 Å². The van der Waals surface area contributed by atoms with E-state index in [0.29, 0.717) is 12.4 Å². The van der Waals surface area contributed by atoms with Crippen LogP contribution in [0.2, 0.25) is 0 Å². The van der Waals surface area contributed by atoms with Crippen molar-refractivity contribution in [2.24, 2.45) is 0 Å². The minimum Gasteiger partial charge on any atom is -0.433 e. The normalized spacial score (nSPS) is 14.1. The summed E-state index contributed by atoms with van der Waals surface area (Å²) >= 11 is 0. The van der Waals surface area contributed by atoms with E-state index in [1.165, 1.54) is 23.1 Å². The molecule has 0 radical (unpaired) electrons. The Balaban J connectivity index is 0.000000207. The molecule has 0 aromatic heterocycles. The number of fused-ring (bicyclic) bond motifs is 2. The highest BCUT2D eigenvalue weighted by Gasteiger charge is 2.21. The molecule has 0 aliphatic heterocycles. The van der Waals surface area contributed by atoms with Gasteiger partial charge in [0.05, 0.1) is 0 Å². The molecule has 3 aromatic rings. The molecule has 1 aliphatic rings. The third-order valence-electron chi connectivity index (χ3n) is 6.28. The monoisotopic (exact) mass is 430 g/mol. The van der Waals surface area contributed by atoms with E-state index in [1.54, 1.807) is 7.11 Å². The highest BCUT2D eigenvalue weighted by Crippen LogP contribution is 2.35. The number of allylic oxidation sites excluding steroid dienone is 1. The van der Waals surface area contributed by atoms with Crippen molar-refractivity contribution in [3.8, 4) is 0 Å². The first kappa shape index (κ1) is 23.7. The lowest BCUT2D eigenvalue weighted by molar-refractivity contribution is -0.159. The Bertz CT molecular complexity index is 1050. The SMILES string of the molecule is CCc1ccc(C(C)CC)cc1.COC(OC=O)c1c2c(cc3ccccc13)CCC=C2. The molecule has 1 aliphatic carbocycles. The fourth-order valence-corrected chi connectivity index (χ4v) is 4.16. The highest BCUT2D eigenvalue weighted by atomic mass is 16.7. The summed E-state index contributed by atoms with van der Waals surface area (Å²) in [4.78, 5) is 10.7. The Morgan fingerprint density at radius 1 is 1.06 bits per heavy atom. The Kier molecular flexibility index (Phi) is 8.64. The summed E-state index contributed by atoms with van der Waals surface area (Å²) in [7, 11) is 1.55. The Morgan fingerprint density at radius 2 is 1.81 bits per heavy atom. The largest absolute Gasteiger partial charge is 0.433 e. The Hall–Kier alpha value is -2.91. The summed E-state index contributed by atoms with van der Waals surface area (Å²) in [6, 6.07) is 19.3. The van der Waals surface area contributed by atoms with Crippen LogP contribution in [0.15, 0.2) is 60.7 Å². The number of carbonyl (C=O) groups is 1. The van der Waals surface area contributed by atoms with Crippen LogP contribution in [0.3, 0.4) is 0 Å². The number of methoxy groups -OCH3 is 1. The molecular formula is C29H34O3. The maximum absolute atomic E-state index is 10.7. The lowest BCUT2D eigenvalue weighted by Gasteiger charge is -2.22. The number of ether oxygens (including phenoxy) is 2. The molecule has 3 aromatic carbocycles. The molecule has 0 amide bonds. The summed E-state index contributed by atoms with van der Waals surface area (Å²) in [6.07, 6.45) is 7.98. The fourth-order valence-electron chi connectivity index (χ4n) is 4.16. The number of benzene rings is 3. The van der Waals surface area contributed by atoms with Gasteiger partial charge < -0.3 is 9.47 Å². The second kappa shape index (κ2) is 11.6.